The van der Waals surface area contributed by atoms with Crippen LogP contribution in [-0.4, -0.2) is 48.0 Å². The Bertz CT molecular complexity index is 979. The first kappa shape index (κ1) is 20.2. The van der Waals surface area contributed by atoms with Gasteiger partial charge in [-0.2, -0.15) is 0 Å². The van der Waals surface area contributed by atoms with Crippen molar-refractivity contribution in [3.05, 3.63) is 64.7 Å². The molecule has 4 amide bonds. The number of carbonyl (C=O) groups is 3. The zero-order valence-corrected chi connectivity index (χ0v) is 17.1. The van der Waals surface area contributed by atoms with Gasteiger partial charge in [-0.1, -0.05) is 35.9 Å². The van der Waals surface area contributed by atoms with Crippen LogP contribution in [0.5, 0.6) is 5.75 Å². The van der Waals surface area contributed by atoms with E-state index in [1.807, 2.05) is 24.3 Å². The first-order valence-electron chi connectivity index (χ1n) is 9.83. The van der Waals surface area contributed by atoms with Gasteiger partial charge in [0.2, 0.25) is 5.91 Å². The summed E-state index contributed by atoms with van der Waals surface area (Å²) in [4.78, 5) is 38.7. The summed E-state index contributed by atoms with van der Waals surface area (Å²) in [6.07, 6.45) is 1.69. The molecule has 0 bridgehead atoms. The molecule has 1 unspecified atom stereocenters. The maximum Gasteiger partial charge on any atom is 0.325 e. The zero-order chi connectivity index (χ0) is 21.1. The minimum atomic E-state index is -0.955. The Labute approximate surface area is 179 Å². The highest BCUT2D eigenvalue weighted by molar-refractivity contribution is 6.30. The molecular formula is C22H22ClN3O4. The average Bonchev–Trinajstić information content (AvgIpc) is 2.96. The Hall–Kier alpha value is -3.06. The number of imide groups is 1. The minimum absolute atomic E-state index is 0.254. The molecule has 156 valence electrons. The number of hydrogen-bond donors (Lipinski definition) is 2. The number of halogens is 1. The maximum atomic E-state index is 13.0. The van der Waals surface area contributed by atoms with Crippen molar-refractivity contribution >= 4 is 29.4 Å². The van der Waals surface area contributed by atoms with Crippen LogP contribution in [0.4, 0.5) is 4.79 Å². The van der Waals surface area contributed by atoms with Gasteiger partial charge in [-0.3, -0.25) is 14.5 Å². The van der Waals surface area contributed by atoms with E-state index in [1.165, 1.54) is 5.56 Å². The van der Waals surface area contributed by atoms with Gasteiger partial charge in [-0.25, -0.2) is 4.79 Å². The van der Waals surface area contributed by atoms with Gasteiger partial charge in [-0.15, -0.1) is 0 Å². The van der Waals surface area contributed by atoms with Crippen molar-refractivity contribution in [1.82, 2.24) is 15.5 Å². The first-order chi connectivity index (χ1) is 14.5. The van der Waals surface area contributed by atoms with Crippen molar-refractivity contribution in [3.63, 3.8) is 0 Å². The first-order valence-corrected chi connectivity index (χ1v) is 10.2. The summed E-state index contributed by atoms with van der Waals surface area (Å²) in [5, 5.41) is 6.12. The van der Waals surface area contributed by atoms with Gasteiger partial charge in [0.1, 0.15) is 24.4 Å². The monoisotopic (exact) mass is 427 g/mol. The molecule has 30 heavy (non-hydrogen) atoms. The maximum absolute atomic E-state index is 13.0. The Morgan fingerprint density at radius 1 is 1.13 bits per heavy atom. The summed E-state index contributed by atoms with van der Waals surface area (Å²) in [5.41, 5.74) is 1.30. The molecule has 0 saturated carbocycles. The van der Waals surface area contributed by atoms with Gasteiger partial charge < -0.3 is 15.4 Å². The third-order valence-corrected chi connectivity index (χ3v) is 5.74. The van der Waals surface area contributed by atoms with Crippen LogP contribution in [0.15, 0.2) is 48.5 Å². The van der Waals surface area contributed by atoms with Gasteiger partial charge in [0.15, 0.2) is 0 Å². The lowest BCUT2D eigenvalue weighted by Crippen LogP contribution is -2.51. The SMILES string of the molecule is O=C(CN1C(=O)NC2(CCc3ccccc3C2)C1=O)NCCOc1ccc(Cl)cc1. The van der Waals surface area contributed by atoms with Gasteiger partial charge >= 0.3 is 6.03 Å². The van der Waals surface area contributed by atoms with Crippen molar-refractivity contribution in [2.24, 2.45) is 0 Å². The number of urea groups is 1. The molecule has 1 aliphatic heterocycles. The summed E-state index contributed by atoms with van der Waals surface area (Å²) in [7, 11) is 0. The summed E-state index contributed by atoms with van der Waals surface area (Å²) in [5.74, 6) is -0.108. The molecule has 0 aromatic heterocycles. The van der Waals surface area contributed by atoms with Gasteiger partial charge in [0.05, 0.1) is 6.54 Å². The lowest BCUT2D eigenvalue weighted by molar-refractivity contribution is -0.135. The highest BCUT2D eigenvalue weighted by Crippen LogP contribution is 2.33. The Balaban J connectivity index is 1.29. The van der Waals surface area contributed by atoms with Crippen LogP contribution < -0.4 is 15.4 Å². The number of amides is 4. The standard InChI is InChI=1S/C22H22ClN3O4/c23-17-5-7-18(8-6-17)30-12-11-24-19(27)14-26-20(28)22(25-21(26)29)10-9-15-3-1-2-4-16(15)13-22/h1-8H,9-14H2,(H,24,27)(H,25,29). The third kappa shape index (κ3) is 4.11. The second-order valence-electron chi connectivity index (χ2n) is 7.50. The number of fused-ring (bicyclic) bond motifs is 1. The molecule has 1 aliphatic carbocycles. The quantitative estimate of drug-likeness (QED) is 0.547. The van der Waals surface area contributed by atoms with Gasteiger partial charge in [-0.05, 0) is 48.2 Å². The molecule has 1 atom stereocenters. The number of hydrogen-bond acceptors (Lipinski definition) is 4. The lowest BCUT2D eigenvalue weighted by atomic mass is 9.78. The molecule has 1 heterocycles. The molecule has 0 radical (unpaired) electrons. The second-order valence-corrected chi connectivity index (χ2v) is 7.94. The van der Waals surface area contributed by atoms with Crippen LogP contribution in [0.2, 0.25) is 5.02 Å². The van der Waals surface area contributed by atoms with Gasteiger partial charge in [0, 0.05) is 11.4 Å². The van der Waals surface area contributed by atoms with E-state index >= 15 is 0 Å². The topological polar surface area (TPSA) is 87.7 Å². The molecule has 7 nitrogen and oxygen atoms in total. The molecule has 8 heteroatoms. The van der Waals surface area contributed by atoms with Crippen LogP contribution in [0.25, 0.3) is 0 Å². The van der Waals surface area contributed by atoms with Crippen LogP contribution in [-0.2, 0) is 22.4 Å². The molecule has 1 fully saturated rings. The third-order valence-electron chi connectivity index (χ3n) is 5.49. The minimum Gasteiger partial charge on any atom is -0.492 e. The number of rotatable bonds is 6. The molecule has 2 aromatic carbocycles. The summed E-state index contributed by atoms with van der Waals surface area (Å²) in [6, 6.07) is 14.3. The summed E-state index contributed by atoms with van der Waals surface area (Å²) in [6.45, 7) is 0.201. The van der Waals surface area contributed by atoms with Crippen LogP contribution in [0.3, 0.4) is 0 Å². The van der Waals surface area contributed by atoms with E-state index in [2.05, 4.69) is 10.6 Å². The Morgan fingerprint density at radius 3 is 2.63 bits per heavy atom. The van der Waals surface area contributed by atoms with Crippen molar-refractivity contribution in [2.75, 3.05) is 19.7 Å². The van der Waals surface area contributed by atoms with E-state index in [4.69, 9.17) is 16.3 Å². The molecular weight excluding hydrogens is 406 g/mol. The molecule has 1 spiro atoms. The van der Waals surface area contributed by atoms with E-state index in [0.717, 1.165) is 10.5 Å². The average molecular weight is 428 g/mol. The van der Waals surface area contributed by atoms with E-state index in [9.17, 15) is 14.4 Å². The Kier molecular flexibility index (Phi) is 5.63. The number of benzene rings is 2. The smallest absolute Gasteiger partial charge is 0.325 e. The zero-order valence-electron chi connectivity index (χ0n) is 16.3. The van der Waals surface area contributed by atoms with E-state index < -0.39 is 17.5 Å². The van der Waals surface area contributed by atoms with Crippen molar-refractivity contribution in [3.8, 4) is 5.75 Å². The fourth-order valence-corrected chi connectivity index (χ4v) is 4.06. The summed E-state index contributed by atoms with van der Waals surface area (Å²) >= 11 is 5.82. The predicted molar refractivity (Wildman–Crippen MR) is 111 cm³/mol. The largest absolute Gasteiger partial charge is 0.492 e. The molecule has 1 saturated heterocycles. The predicted octanol–water partition coefficient (Wildman–Crippen LogP) is 2.31. The van der Waals surface area contributed by atoms with E-state index in [1.54, 1.807) is 24.3 Å². The highest BCUT2D eigenvalue weighted by atomic mass is 35.5. The molecule has 2 aliphatic rings. The number of aryl methyl sites for hydroxylation is 1. The number of carbonyl (C=O) groups excluding carboxylic acids is 3. The number of ether oxygens (including phenoxy) is 1. The molecule has 2 N–H and O–H groups in total. The van der Waals surface area contributed by atoms with E-state index in [-0.39, 0.29) is 25.6 Å². The van der Waals surface area contributed by atoms with Crippen LogP contribution in [0.1, 0.15) is 17.5 Å². The van der Waals surface area contributed by atoms with Crippen molar-refractivity contribution in [1.29, 1.82) is 0 Å². The van der Waals surface area contributed by atoms with Crippen molar-refractivity contribution in [2.45, 2.75) is 24.8 Å². The number of nitrogens with one attached hydrogen (secondary N) is 2. The van der Waals surface area contributed by atoms with Crippen molar-refractivity contribution < 1.29 is 19.1 Å². The number of nitrogens with zero attached hydrogens (tertiary/aromatic N) is 1. The molecule has 2 aromatic rings. The normalized spacial score (nSPS) is 20.1. The fraction of sp³-hybridized carbons (Fsp3) is 0.318. The lowest BCUT2D eigenvalue weighted by Gasteiger charge is -2.32. The fourth-order valence-electron chi connectivity index (χ4n) is 3.93. The van der Waals surface area contributed by atoms with Crippen LogP contribution >= 0.6 is 11.6 Å². The second kappa shape index (κ2) is 8.36. The van der Waals surface area contributed by atoms with E-state index in [0.29, 0.717) is 30.0 Å². The molecule has 4 rings (SSSR count). The van der Waals surface area contributed by atoms with Gasteiger partial charge in [0.25, 0.3) is 5.91 Å². The van der Waals surface area contributed by atoms with Crippen LogP contribution in [0, 0.1) is 0 Å². The Morgan fingerprint density at radius 2 is 1.87 bits per heavy atom. The summed E-state index contributed by atoms with van der Waals surface area (Å²) < 4.78 is 5.51. The highest BCUT2D eigenvalue weighted by Gasteiger charge is 2.52.